The molecule has 0 spiro atoms. The van der Waals surface area contributed by atoms with Crippen molar-refractivity contribution in [3.8, 4) is 0 Å². The van der Waals surface area contributed by atoms with Gasteiger partial charge in [-0.3, -0.25) is 0 Å². The maximum absolute atomic E-state index is 5.40. The van der Waals surface area contributed by atoms with Crippen LogP contribution in [0.1, 0.15) is 27.2 Å². The highest BCUT2D eigenvalue weighted by molar-refractivity contribution is 5.02. The van der Waals surface area contributed by atoms with Gasteiger partial charge in [-0.15, -0.1) is 0 Å². The Bertz CT molecular complexity index is 171. The second-order valence-corrected chi connectivity index (χ2v) is 4.64. The van der Waals surface area contributed by atoms with Crippen LogP contribution in [0.25, 0.3) is 0 Å². The molecule has 0 radical (unpaired) electrons. The molecule has 1 saturated carbocycles. The van der Waals surface area contributed by atoms with Gasteiger partial charge in [-0.2, -0.15) is 0 Å². The number of hydrogen-bond acceptors (Lipinski definition) is 3. The Balaban J connectivity index is 2.15. The monoisotopic (exact) mass is 200 g/mol. The van der Waals surface area contributed by atoms with Gasteiger partial charge in [0.1, 0.15) is 0 Å². The zero-order valence-corrected chi connectivity index (χ0v) is 9.89. The number of hydrogen-bond donors (Lipinski definition) is 2. The molecule has 1 aliphatic rings. The molecule has 0 aromatic heterocycles. The number of ether oxygens (including phenoxy) is 1. The molecule has 0 heterocycles. The molecule has 0 saturated heterocycles. The topological polar surface area (TPSA) is 33.3 Å². The summed E-state index contributed by atoms with van der Waals surface area (Å²) in [7, 11) is 1.81. The molecule has 0 aliphatic heterocycles. The molecule has 0 aromatic rings. The van der Waals surface area contributed by atoms with Crippen molar-refractivity contribution in [2.75, 3.05) is 26.7 Å². The molecule has 3 nitrogen and oxygen atoms in total. The maximum atomic E-state index is 5.40. The fraction of sp³-hybridized carbons (Fsp3) is 1.00. The van der Waals surface area contributed by atoms with Crippen LogP contribution in [0.5, 0.6) is 0 Å². The van der Waals surface area contributed by atoms with Crippen molar-refractivity contribution in [3.05, 3.63) is 0 Å². The van der Waals surface area contributed by atoms with Crippen LogP contribution in [-0.2, 0) is 4.74 Å². The first-order chi connectivity index (χ1) is 6.62. The zero-order valence-electron chi connectivity index (χ0n) is 9.89. The molecule has 2 unspecified atom stereocenters. The normalized spacial score (nSPS) is 30.0. The Morgan fingerprint density at radius 2 is 2.07 bits per heavy atom. The molecule has 2 N–H and O–H groups in total. The molecular weight excluding hydrogens is 176 g/mol. The second-order valence-electron chi connectivity index (χ2n) is 4.64. The van der Waals surface area contributed by atoms with Gasteiger partial charge < -0.3 is 15.4 Å². The third-order valence-corrected chi connectivity index (χ3v) is 3.40. The van der Waals surface area contributed by atoms with Crippen LogP contribution >= 0.6 is 0 Å². The van der Waals surface area contributed by atoms with Gasteiger partial charge in [0.15, 0.2) is 0 Å². The summed E-state index contributed by atoms with van der Waals surface area (Å²) in [5.41, 5.74) is 0.293. The SMILES string of the molecule is CCNCCNC1CC(OC)C1(C)C. The van der Waals surface area contributed by atoms with Crippen molar-refractivity contribution in [1.82, 2.24) is 10.6 Å². The van der Waals surface area contributed by atoms with E-state index in [0.29, 0.717) is 17.6 Å². The van der Waals surface area contributed by atoms with E-state index >= 15 is 0 Å². The smallest absolute Gasteiger partial charge is 0.0652 e. The highest BCUT2D eigenvalue weighted by Crippen LogP contribution is 2.42. The lowest BCUT2D eigenvalue weighted by molar-refractivity contribution is -0.0971. The van der Waals surface area contributed by atoms with E-state index in [0.717, 1.165) is 26.1 Å². The fourth-order valence-corrected chi connectivity index (χ4v) is 2.14. The molecule has 1 fully saturated rings. The van der Waals surface area contributed by atoms with Crippen molar-refractivity contribution >= 4 is 0 Å². The summed E-state index contributed by atoms with van der Waals surface area (Å²) < 4.78 is 5.40. The van der Waals surface area contributed by atoms with Gasteiger partial charge in [-0.05, 0) is 13.0 Å². The van der Waals surface area contributed by atoms with E-state index in [9.17, 15) is 0 Å². The molecule has 0 bridgehead atoms. The van der Waals surface area contributed by atoms with Gasteiger partial charge in [0.25, 0.3) is 0 Å². The van der Waals surface area contributed by atoms with Crippen molar-refractivity contribution < 1.29 is 4.74 Å². The first-order valence-electron chi connectivity index (χ1n) is 5.59. The van der Waals surface area contributed by atoms with Gasteiger partial charge in [-0.25, -0.2) is 0 Å². The predicted octanol–water partition coefficient (Wildman–Crippen LogP) is 0.999. The van der Waals surface area contributed by atoms with Crippen LogP contribution in [-0.4, -0.2) is 38.9 Å². The summed E-state index contributed by atoms with van der Waals surface area (Å²) in [5.74, 6) is 0. The second kappa shape index (κ2) is 5.10. The van der Waals surface area contributed by atoms with E-state index in [1.807, 2.05) is 0 Å². The number of rotatable bonds is 6. The van der Waals surface area contributed by atoms with E-state index in [-0.39, 0.29) is 0 Å². The number of nitrogens with one attached hydrogen (secondary N) is 2. The Labute approximate surface area is 87.6 Å². The minimum Gasteiger partial charge on any atom is -0.381 e. The third-order valence-electron chi connectivity index (χ3n) is 3.40. The average molecular weight is 200 g/mol. The van der Waals surface area contributed by atoms with Gasteiger partial charge in [-0.1, -0.05) is 20.8 Å². The van der Waals surface area contributed by atoms with Gasteiger partial charge in [0, 0.05) is 31.7 Å². The van der Waals surface area contributed by atoms with Gasteiger partial charge in [0.2, 0.25) is 0 Å². The summed E-state index contributed by atoms with van der Waals surface area (Å²) in [6.45, 7) is 9.84. The first kappa shape index (κ1) is 12.0. The molecule has 3 heteroatoms. The fourth-order valence-electron chi connectivity index (χ4n) is 2.14. The summed E-state index contributed by atoms with van der Waals surface area (Å²) in [5, 5.41) is 6.88. The minimum absolute atomic E-state index is 0.293. The lowest BCUT2D eigenvalue weighted by Crippen LogP contribution is -2.61. The molecular formula is C11H24N2O. The molecule has 84 valence electrons. The lowest BCUT2D eigenvalue weighted by Gasteiger charge is -2.51. The summed E-state index contributed by atoms with van der Waals surface area (Å²) in [6.07, 6.45) is 1.58. The van der Waals surface area contributed by atoms with Crippen molar-refractivity contribution in [2.24, 2.45) is 5.41 Å². The third kappa shape index (κ3) is 2.47. The standard InChI is InChI=1S/C11H24N2O/c1-5-12-6-7-13-9-8-10(14-4)11(9,2)3/h9-10,12-13H,5-8H2,1-4H3. The van der Waals surface area contributed by atoms with Gasteiger partial charge >= 0.3 is 0 Å². The molecule has 14 heavy (non-hydrogen) atoms. The largest absolute Gasteiger partial charge is 0.381 e. The van der Waals surface area contributed by atoms with Crippen molar-refractivity contribution in [3.63, 3.8) is 0 Å². The first-order valence-corrected chi connectivity index (χ1v) is 5.59. The summed E-state index contributed by atoms with van der Waals surface area (Å²) >= 11 is 0. The van der Waals surface area contributed by atoms with Crippen molar-refractivity contribution in [1.29, 1.82) is 0 Å². The predicted molar refractivity (Wildman–Crippen MR) is 59.5 cm³/mol. The van der Waals surface area contributed by atoms with Gasteiger partial charge in [0.05, 0.1) is 6.10 Å². The Kier molecular flexibility index (Phi) is 4.35. The Morgan fingerprint density at radius 1 is 1.36 bits per heavy atom. The molecule has 0 amide bonds. The molecule has 1 rings (SSSR count). The van der Waals surface area contributed by atoms with E-state index in [1.165, 1.54) is 0 Å². The van der Waals surface area contributed by atoms with Crippen molar-refractivity contribution in [2.45, 2.75) is 39.3 Å². The van der Waals surface area contributed by atoms with Crippen LogP contribution in [0.3, 0.4) is 0 Å². The van der Waals surface area contributed by atoms with E-state index < -0.39 is 0 Å². The van der Waals surface area contributed by atoms with Crippen LogP contribution in [0.2, 0.25) is 0 Å². The molecule has 1 aliphatic carbocycles. The average Bonchev–Trinajstić information content (AvgIpc) is 2.15. The molecule has 2 atom stereocenters. The highest BCUT2D eigenvalue weighted by Gasteiger charge is 2.47. The van der Waals surface area contributed by atoms with Crippen LogP contribution < -0.4 is 10.6 Å². The van der Waals surface area contributed by atoms with E-state index in [2.05, 4.69) is 31.4 Å². The Hall–Kier alpha value is -0.120. The van der Waals surface area contributed by atoms with Crippen LogP contribution in [0, 0.1) is 5.41 Å². The highest BCUT2D eigenvalue weighted by atomic mass is 16.5. The minimum atomic E-state index is 0.293. The number of likely N-dealkylation sites (N-methyl/N-ethyl adjacent to an activating group) is 1. The summed E-state index contributed by atoms with van der Waals surface area (Å²) in [4.78, 5) is 0. The zero-order chi connectivity index (χ0) is 10.6. The van der Waals surface area contributed by atoms with E-state index in [4.69, 9.17) is 4.74 Å². The van der Waals surface area contributed by atoms with E-state index in [1.54, 1.807) is 7.11 Å². The summed E-state index contributed by atoms with van der Waals surface area (Å²) in [6, 6.07) is 0.617. The maximum Gasteiger partial charge on any atom is 0.0652 e. The lowest BCUT2D eigenvalue weighted by atomic mass is 9.64. The van der Waals surface area contributed by atoms with Crippen LogP contribution in [0.15, 0.2) is 0 Å². The Morgan fingerprint density at radius 3 is 2.57 bits per heavy atom. The molecule has 0 aromatic carbocycles. The quantitative estimate of drug-likeness (QED) is 0.628. The number of methoxy groups -OCH3 is 1. The van der Waals surface area contributed by atoms with Crippen LogP contribution in [0.4, 0.5) is 0 Å².